The van der Waals surface area contributed by atoms with E-state index in [4.69, 9.17) is 5.73 Å². The van der Waals surface area contributed by atoms with E-state index in [1.807, 2.05) is 36.2 Å². The highest BCUT2D eigenvalue weighted by atomic mass is 14.9. The molecule has 0 unspecified atom stereocenters. The van der Waals surface area contributed by atoms with Crippen LogP contribution in [0.5, 0.6) is 0 Å². The number of aromatic nitrogens is 2. The molecule has 4 heteroatoms. The molecule has 0 saturated heterocycles. The van der Waals surface area contributed by atoms with Crippen LogP contribution in [0, 0.1) is 0 Å². The minimum atomic E-state index is 0.528. The topological polar surface area (TPSA) is 56.2 Å². The number of allylic oxidation sites excluding steroid dienone is 2. The van der Waals surface area contributed by atoms with Crippen molar-refractivity contribution in [1.82, 2.24) is 9.55 Å². The fraction of sp³-hybridized carbons (Fsp3) is 0.217. The zero-order valence-electron chi connectivity index (χ0n) is 16.2. The van der Waals surface area contributed by atoms with Crippen LogP contribution >= 0.6 is 0 Å². The normalized spacial score (nSPS) is 12.0. The molecule has 3 aromatic rings. The van der Waals surface area contributed by atoms with Gasteiger partial charge in [0.15, 0.2) is 0 Å². The number of rotatable bonds is 6. The highest BCUT2D eigenvalue weighted by Gasteiger charge is 2.09. The maximum Gasteiger partial charge on any atom is 0.132 e. The molecule has 138 valence electrons. The third-order valence-electron chi connectivity index (χ3n) is 4.48. The Labute approximate surface area is 161 Å². The van der Waals surface area contributed by atoms with Crippen LogP contribution in [0.3, 0.4) is 0 Å². The van der Waals surface area contributed by atoms with Crippen molar-refractivity contribution >= 4 is 17.6 Å². The number of hydrogen-bond donors (Lipinski definition) is 1. The molecule has 2 heterocycles. The first-order valence-corrected chi connectivity index (χ1v) is 9.24. The summed E-state index contributed by atoms with van der Waals surface area (Å²) < 4.78 is 2.05. The van der Waals surface area contributed by atoms with E-state index in [-0.39, 0.29) is 0 Å². The lowest BCUT2D eigenvalue weighted by Crippen LogP contribution is -2.00. The van der Waals surface area contributed by atoms with E-state index in [2.05, 4.69) is 59.5 Å². The Balaban J connectivity index is 1.96. The predicted octanol–water partition coefficient (Wildman–Crippen LogP) is 5.22. The van der Waals surface area contributed by atoms with Gasteiger partial charge in [0, 0.05) is 43.8 Å². The van der Waals surface area contributed by atoms with Crippen LogP contribution in [0.25, 0.3) is 28.0 Å². The van der Waals surface area contributed by atoms with Gasteiger partial charge >= 0.3 is 0 Å². The van der Waals surface area contributed by atoms with Gasteiger partial charge in [0.05, 0.1) is 5.69 Å². The molecule has 27 heavy (non-hydrogen) atoms. The van der Waals surface area contributed by atoms with Gasteiger partial charge < -0.3 is 10.3 Å². The van der Waals surface area contributed by atoms with Gasteiger partial charge in [-0.1, -0.05) is 37.6 Å². The molecule has 1 aromatic carbocycles. The fourth-order valence-electron chi connectivity index (χ4n) is 3.08. The van der Waals surface area contributed by atoms with Gasteiger partial charge in [0.25, 0.3) is 0 Å². The number of anilines is 1. The summed E-state index contributed by atoms with van der Waals surface area (Å²) in [6, 6.07) is 14.6. The number of benzene rings is 1. The van der Waals surface area contributed by atoms with Gasteiger partial charge in [-0.2, -0.15) is 0 Å². The average molecular weight is 358 g/mol. The molecule has 0 aliphatic heterocycles. The van der Waals surface area contributed by atoms with E-state index in [0.717, 1.165) is 35.2 Å². The minimum absolute atomic E-state index is 0.528. The molecule has 2 aromatic heterocycles. The lowest BCUT2D eigenvalue weighted by atomic mass is 10.0. The second-order valence-corrected chi connectivity index (χ2v) is 6.61. The van der Waals surface area contributed by atoms with E-state index in [1.165, 1.54) is 11.1 Å². The van der Waals surface area contributed by atoms with Crippen molar-refractivity contribution in [2.75, 3.05) is 12.8 Å². The van der Waals surface area contributed by atoms with E-state index < -0.39 is 0 Å². The Morgan fingerprint density at radius 3 is 2.63 bits per heavy atom. The third-order valence-corrected chi connectivity index (χ3v) is 4.48. The zero-order valence-corrected chi connectivity index (χ0v) is 16.2. The number of aryl methyl sites for hydroxylation is 1. The SMILES string of the molecule is CCC/C=C(\C=NC)c1ccc(-c2cccc(-c3ccn(C)c3)c2)nc1N. The van der Waals surface area contributed by atoms with Crippen molar-refractivity contribution in [3.63, 3.8) is 0 Å². The third kappa shape index (κ3) is 4.34. The fourth-order valence-corrected chi connectivity index (χ4v) is 3.08. The largest absolute Gasteiger partial charge is 0.383 e. The molecule has 0 aliphatic carbocycles. The molecule has 0 atom stereocenters. The molecule has 4 nitrogen and oxygen atoms in total. The van der Waals surface area contributed by atoms with Crippen LogP contribution in [0.2, 0.25) is 0 Å². The maximum absolute atomic E-state index is 6.30. The molecule has 2 N–H and O–H groups in total. The standard InChI is InChI=1S/C23H26N4/c1-4-5-7-19(15-25-2)21-10-11-22(26-23(21)24)18-9-6-8-17(14-18)20-12-13-27(3)16-20/h6-16H,4-5H2,1-3H3,(H2,24,26)/b19-7+,25-15?. The van der Waals surface area contributed by atoms with Crippen molar-refractivity contribution in [3.05, 3.63) is 66.5 Å². The highest BCUT2D eigenvalue weighted by molar-refractivity contribution is 6.11. The first-order chi connectivity index (χ1) is 13.1. The van der Waals surface area contributed by atoms with E-state index in [1.54, 1.807) is 7.05 Å². The van der Waals surface area contributed by atoms with Crippen LogP contribution in [0.1, 0.15) is 25.3 Å². The van der Waals surface area contributed by atoms with Crippen molar-refractivity contribution in [2.24, 2.45) is 12.0 Å². The molecule has 0 aliphatic rings. The summed E-state index contributed by atoms with van der Waals surface area (Å²) in [4.78, 5) is 8.82. The second kappa shape index (κ2) is 8.49. The zero-order chi connectivity index (χ0) is 19.2. The second-order valence-electron chi connectivity index (χ2n) is 6.61. The van der Waals surface area contributed by atoms with Crippen molar-refractivity contribution in [3.8, 4) is 22.4 Å². The quantitative estimate of drug-likeness (QED) is 0.614. The first-order valence-electron chi connectivity index (χ1n) is 9.24. The van der Waals surface area contributed by atoms with Crippen LogP contribution < -0.4 is 5.73 Å². The smallest absolute Gasteiger partial charge is 0.132 e. The van der Waals surface area contributed by atoms with Crippen LogP contribution in [-0.4, -0.2) is 22.8 Å². The lowest BCUT2D eigenvalue weighted by molar-refractivity contribution is 0.928. The summed E-state index contributed by atoms with van der Waals surface area (Å²) in [5.41, 5.74) is 12.5. The van der Waals surface area contributed by atoms with Gasteiger partial charge in [0.2, 0.25) is 0 Å². The summed E-state index contributed by atoms with van der Waals surface area (Å²) in [5.74, 6) is 0.528. The summed E-state index contributed by atoms with van der Waals surface area (Å²) in [7, 11) is 3.80. The number of hydrogen-bond acceptors (Lipinski definition) is 3. The van der Waals surface area contributed by atoms with Crippen molar-refractivity contribution in [2.45, 2.75) is 19.8 Å². The monoisotopic (exact) mass is 358 g/mol. The van der Waals surface area contributed by atoms with Crippen molar-refractivity contribution < 1.29 is 0 Å². The molecule has 0 spiro atoms. The highest BCUT2D eigenvalue weighted by Crippen LogP contribution is 2.28. The summed E-state index contributed by atoms with van der Waals surface area (Å²) in [6.07, 6.45) is 10.2. The van der Waals surface area contributed by atoms with E-state index in [0.29, 0.717) is 5.82 Å². The van der Waals surface area contributed by atoms with Crippen molar-refractivity contribution in [1.29, 1.82) is 0 Å². The Morgan fingerprint density at radius 1 is 1.15 bits per heavy atom. The Bertz CT molecular complexity index is 980. The molecule has 0 bridgehead atoms. The summed E-state index contributed by atoms with van der Waals surface area (Å²) in [6.45, 7) is 2.15. The number of nitrogens with two attached hydrogens (primary N) is 1. The van der Waals surface area contributed by atoms with Crippen LogP contribution in [-0.2, 0) is 7.05 Å². The predicted molar refractivity (Wildman–Crippen MR) is 116 cm³/mol. The molecular formula is C23H26N4. The Kier molecular flexibility index (Phi) is 5.87. The Hall–Kier alpha value is -3.14. The molecule has 0 radical (unpaired) electrons. The van der Waals surface area contributed by atoms with Gasteiger partial charge in [0.1, 0.15) is 5.82 Å². The molecular weight excluding hydrogens is 332 g/mol. The summed E-state index contributed by atoms with van der Waals surface area (Å²) >= 11 is 0. The lowest BCUT2D eigenvalue weighted by Gasteiger charge is -2.09. The minimum Gasteiger partial charge on any atom is -0.383 e. The Morgan fingerprint density at radius 2 is 1.96 bits per heavy atom. The number of unbranched alkanes of at least 4 members (excludes halogenated alkanes) is 1. The van der Waals surface area contributed by atoms with Gasteiger partial charge in [-0.05, 0) is 47.4 Å². The number of aliphatic imine (C=N–C) groups is 1. The molecule has 0 saturated carbocycles. The van der Waals surface area contributed by atoms with Gasteiger partial charge in [-0.25, -0.2) is 4.98 Å². The molecule has 0 amide bonds. The van der Waals surface area contributed by atoms with Gasteiger partial charge in [-0.15, -0.1) is 0 Å². The van der Waals surface area contributed by atoms with Gasteiger partial charge in [-0.3, -0.25) is 4.99 Å². The number of nitrogens with zero attached hydrogens (tertiary/aromatic N) is 3. The maximum atomic E-state index is 6.30. The van der Waals surface area contributed by atoms with Crippen LogP contribution in [0.4, 0.5) is 5.82 Å². The van der Waals surface area contributed by atoms with E-state index >= 15 is 0 Å². The number of nitrogen functional groups attached to an aromatic ring is 1. The number of pyridine rings is 1. The van der Waals surface area contributed by atoms with E-state index in [9.17, 15) is 0 Å². The first kappa shape index (κ1) is 18.6. The molecule has 0 fully saturated rings. The summed E-state index contributed by atoms with van der Waals surface area (Å²) in [5, 5.41) is 0. The molecule has 3 rings (SSSR count). The van der Waals surface area contributed by atoms with Crippen LogP contribution in [0.15, 0.2) is 65.9 Å². The average Bonchev–Trinajstić information content (AvgIpc) is 3.12.